The second kappa shape index (κ2) is 6.43. The van der Waals surface area contributed by atoms with Gasteiger partial charge in [-0.05, 0) is 38.1 Å². The molecule has 4 rings (SSSR count). The van der Waals surface area contributed by atoms with E-state index in [1.807, 2.05) is 18.2 Å². The van der Waals surface area contributed by atoms with Crippen molar-refractivity contribution in [3.63, 3.8) is 0 Å². The number of nitrogens with zero attached hydrogens (tertiary/aromatic N) is 2. The predicted molar refractivity (Wildman–Crippen MR) is 94.5 cm³/mol. The van der Waals surface area contributed by atoms with E-state index >= 15 is 0 Å². The lowest BCUT2D eigenvalue weighted by molar-refractivity contribution is -0.214. The largest absolute Gasteiger partial charge is 0.467 e. The molecular weight excluding hydrogens is 375 g/mol. The average molecular weight is 391 g/mol. The van der Waals surface area contributed by atoms with Crippen molar-refractivity contribution in [2.24, 2.45) is 0 Å². The van der Waals surface area contributed by atoms with E-state index in [2.05, 4.69) is 10.3 Å². The number of benzene rings is 1. The molecule has 1 N–H and O–H groups in total. The molecule has 0 radical (unpaired) electrons. The minimum absolute atomic E-state index is 0.0294. The fourth-order valence-corrected chi connectivity index (χ4v) is 3.24. The number of carbonyl (C=O) groups excluding carboxylic acids is 1. The van der Waals surface area contributed by atoms with Crippen molar-refractivity contribution in [3.8, 4) is 0 Å². The number of imidazole rings is 1. The lowest BCUT2D eigenvalue weighted by Gasteiger charge is -2.29. The normalized spacial score (nSPS) is 18.0. The Labute approximate surface area is 157 Å². The number of para-hydroxylation sites is 2. The number of aromatic nitrogens is 2. The summed E-state index contributed by atoms with van der Waals surface area (Å²) in [7, 11) is 0. The van der Waals surface area contributed by atoms with Crippen molar-refractivity contribution in [2.75, 3.05) is 5.32 Å². The molecule has 0 unspecified atom stereocenters. The van der Waals surface area contributed by atoms with Crippen LogP contribution >= 0.6 is 0 Å². The van der Waals surface area contributed by atoms with Gasteiger partial charge in [-0.3, -0.25) is 4.57 Å². The van der Waals surface area contributed by atoms with E-state index in [9.17, 15) is 18.0 Å². The third-order valence-electron chi connectivity index (χ3n) is 4.61. The number of alkyl halides is 3. The van der Waals surface area contributed by atoms with E-state index in [0.29, 0.717) is 28.4 Å². The van der Waals surface area contributed by atoms with Crippen molar-refractivity contribution in [1.82, 2.24) is 9.55 Å². The predicted octanol–water partition coefficient (Wildman–Crippen LogP) is 4.41. The highest BCUT2D eigenvalue weighted by atomic mass is 19.4. The topological polar surface area (TPSA) is 69.3 Å². The van der Waals surface area contributed by atoms with Crippen LogP contribution < -0.4 is 5.32 Å². The Morgan fingerprint density at radius 1 is 1.29 bits per heavy atom. The molecule has 0 fully saturated rings. The van der Waals surface area contributed by atoms with Crippen LogP contribution in [0.3, 0.4) is 0 Å². The van der Waals surface area contributed by atoms with Gasteiger partial charge in [0.25, 0.3) is 0 Å². The summed E-state index contributed by atoms with van der Waals surface area (Å²) in [6.07, 6.45) is -5.45. The summed E-state index contributed by atoms with van der Waals surface area (Å²) in [5.41, 5.74) is 1.76. The van der Waals surface area contributed by atoms with Gasteiger partial charge >= 0.3 is 12.1 Å². The third-order valence-corrected chi connectivity index (χ3v) is 4.61. The van der Waals surface area contributed by atoms with Crippen LogP contribution in [0.4, 0.5) is 19.1 Å². The first-order chi connectivity index (χ1) is 13.3. The van der Waals surface area contributed by atoms with E-state index in [1.165, 1.54) is 6.26 Å². The smallest absolute Gasteiger partial charge is 0.425 e. The highest BCUT2D eigenvalue weighted by Gasteiger charge is 2.42. The number of esters is 1. The van der Waals surface area contributed by atoms with Crippen LogP contribution in [-0.2, 0) is 9.53 Å². The van der Waals surface area contributed by atoms with E-state index < -0.39 is 24.3 Å². The Kier molecular flexibility index (Phi) is 4.17. The Balaban J connectivity index is 1.84. The highest BCUT2D eigenvalue weighted by Crippen LogP contribution is 2.40. The number of hydrogen-bond donors (Lipinski definition) is 1. The van der Waals surface area contributed by atoms with Gasteiger partial charge in [0.1, 0.15) is 11.8 Å². The maximum absolute atomic E-state index is 12.9. The summed E-state index contributed by atoms with van der Waals surface area (Å²) >= 11 is 0. The molecule has 0 bridgehead atoms. The number of furan rings is 1. The highest BCUT2D eigenvalue weighted by molar-refractivity contribution is 5.94. The molecule has 1 aromatic carbocycles. The molecule has 6 nitrogen and oxygen atoms in total. The summed E-state index contributed by atoms with van der Waals surface area (Å²) in [4.78, 5) is 17.2. The maximum Gasteiger partial charge on any atom is 0.425 e. The van der Waals surface area contributed by atoms with E-state index in [0.717, 1.165) is 6.92 Å². The monoisotopic (exact) mass is 391 g/mol. The summed E-state index contributed by atoms with van der Waals surface area (Å²) in [6.45, 7) is 2.39. The summed E-state index contributed by atoms with van der Waals surface area (Å²) < 4.78 is 50.6. The SMILES string of the molecule is CC1=C(C(=O)O[C@H](C)C(F)(F)F)[C@@H](c2ccco2)n2c(nc3ccccc32)N1. The fourth-order valence-electron chi connectivity index (χ4n) is 3.24. The number of fused-ring (bicyclic) bond motifs is 3. The molecule has 2 atom stereocenters. The van der Waals surface area contributed by atoms with E-state index in [4.69, 9.17) is 9.15 Å². The van der Waals surface area contributed by atoms with Crippen LogP contribution in [-0.4, -0.2) is 27.8 Å². The van der Waals surface area contributed by atoms with Gasteiger partial charge in [-0.1, -0.05) is 12.1 Å². The Morgan fingerprint density at radius 2 is 2.04 bits per heavy atom. The van der Waals surface area contributed by atoms with Crippen LogP contribution in [0.2, 0.25) is 0 Å². The molecule has 3 heterocycles. The second-order valence-electron chi connectivity index (χ2n) is 6.46. The number of hydrogen-bond acceptors (Lipinski definition) is 5. The van der Waals surface area contributed by atoms with Crippen LogP contribution in [0.5, 0.6) is 0 Å². The van der Waals surface area contributed by atoms with Gasteiger partial charge in [-0.2, -0.15) is 13.2 Å². The first-order valence-corrected chi connectivity index (χ1v) is 8.53. The van der Waals surface area contributed by atoms with Gasteiger partial charge in [0, 0.05) is 5.70 Å². The van der Waals surface area contributed by atoms with Crippen molar-refractivity contribution in [2.45, 2.75) is 32.2 Å². The van der Waals surface area contributed by atoms with Crippen molar-refractivity contribution in [1.29, 1.82) is 0 Å². The maximum atomic E-state index is 12.9. The standard InChI is InChI=1S/C19H16F3N3O3/c1-10-15(17(26)28-11(2)19(20,21)22)16(14-8-5-9-27-14)25-13-7-4-3-6-12(13)24-18(25)23-10/h3-9,11,16H,1-2H3,(H,23,24)/t11-,16-/m1/s1. The van der Waals surface area contributed by atoms with Gasteiger partial charge in [-0.25, -0.2) is 9.78 Å². The molecule has 0 aliphatic carbocycles. The molecule has 0 amide bonds. The molecule has 3 aromatic rings. The Hall–Kier alpha value is -3.23. The van der Waals surface area contributed by atoms with Gasteiger partial charge in [0.05, 0.1) is 22.9 Å². The number of rotatable bonds is 3. The minimum Gasteiger partial charge on any atom is -0.467 e. The lowest BCUT2D eigenvalue weighted by Crippen LogP contribution is -2.35. The number of nitrogens with one attached hydrogen (secondary N) is 1. The van der Waals surface area contributed by atoms with Crippen LogP contribution in [0.15, 0.2) is 58.3 Å². The van der Waals surface area contributed by atoms with Gasteiger partial charge in [0.15, 0.2) is 6.10 Å². The van der Waals surface area contributed by atoms with Gasteiger partial charge < -0.3 is 14.5 Å². The van der Waals surface area contributed by atoms with Crippen LogP contribution in [0.1, 0.15) is 25.6 Å². The molecular formula is C19H16F3N3O3. The van der Waals surface area contributed by atoms with Crippen LogP contribution in [0, 0.1) is 0 Å². The molecule has 146 valence electrons. The fraction of sp³-hybridized carbons (Fsp3) is 0.263. The van der Waals surface area contributed by atoms with Gasteiger partial charge in [-0.15, -0.1) is 0 Å². The number of allylic oxidation sites excluding steroid dienone is 1. The molecule has 1 aliphatic rings. The van der Waals surface area contributed by atoms with Crippen molar-refractivity contribution < 1.29 is 27.1 Å². The van der Waals surface area contributed by atoms with E-state index in [1.54, 1.807) is 29.7 Å². The van der Waals surface area contributed by atoms with E-state index in [-0.39, 0.29) is 5.57 Å². The lowest BCUT2D eigenvalue weighted by atomic mass is 10.00. The Morgan fingerprint density at radius 3 is 2.71 bits per heavy atom. The van der Waals surface area contributed by atoms with Crippen LogP contribution in [0.25, 0.3) is 11.0 Å². The molecule has 1 aliphatic heterocycles. The summed E-state index contributed by atoms with van der Waals surface area (Å²) in [5, 5.41) is 2.99. The molecule has 2 aromatic heterocycles. The molecule has 0 saturated heterocycles. The van der Waals surface area contributed by atoms with Crippen molar-refractivity contribution >= 4 is 23.0 Å². The third kappa shape index (κ3) is 2.92. The first kappa shape index (κ1) is 18.1. The second-order valence-corrected chi connectivity index (χ2v) is 6.46. The first-order valence-electron chi connectivity index (χ1n) is 8.53. The zero-order valence-corrected chi connectivity index (χ0v) is 14.9. The quantitative estimate of drug-likeness (QED) is 0.670. The number of halogens is 3. The molecule has 9 heteroatoms. The summed E-state index contributed by atoms with van der Waals surface area (Å²) in [6, 6.07) is 9.74. The molecule has 0 saturated carbocycles. The number of carbonyl (C=O) groups is 1. The Bertz CT molecular complexity index is 1070. The van der Waals surface area contributed by atoms with Crippen molar-refractivity contribution in [3.05, 3.63) is 59.7 Å². The minimum atomic E-state index is -4.65. The van der Waals surface area contributed by atoms with Gasteiger partial charge in [0.2, 0.25) is 5.95 Å². The zero-order valence-electron chi connectivity index (χ0n) is 14.9. The molecule has 28 heavy (non-hydrogen) atoms. The number of ether oxygens (including phenoxy) is 1. The zero-order chi connectivity index (χ0) is 20.1. The number of anilines is 1. The average Bonchev–Trinajstić information content (AvgIpc) is 3.27. The summed E-state index contributed by atoms with van der Waals surface area (Å²) in [5.74, 6) is -0.225. The molecule has 0 spiro atoms.